The molecule has 0 aliphatic carbocycles. The molecule has 1 amide bonds. The Morgan fingerprint density at radius 1 is 1.20 bits per heavy atom. The summed E-state index contributed by atoms with van der Waals surface area (Å²) in [4.78, 5) is 11.6. The number of nitrogens with one attached hydrogen (secondary N) is 1. The number of halogens is 1. The van der Waals surface area contributed by atoms with Crippen LogP contribution in [0.1, 0.15) is 15.9 Å². The van der Waals surface area contributed by atoms with E-state index in [0.717, 1.165) is 5.56 Å². The molecule has 0 saturated carbocycles. The molecule has 0 fully saturated rings. The predicted octanol–water partition coefficient (Wildman–Crippen LogP) is 3.38. The molecule has 5 heteroatoms. The Morgan fingerprint density at radius 3 is 2.65 bits per heavy atom. The maximum Gasteiger partial charge on any atom is 0.251 e. The van der Waals surface area contributed by atoms with Crippen LogP contribution in [0.3, 0.4) is 0 Å². The fourth-order valence-corrected chi connectivity index (χ4v) is 1.87. The monoisotopic (exact) mass is 290 g/mol. The Morgan fingerprint density at radius 2 is 1.95 bits per heavy atom. The number of amides is 1. The summed E-state index contributed by atoms with van der Waals surface area (Å²) >= 11 is 6.08. The van der Waals surface area contributed by atoms with Crippen molar-refractivity contribution in [2.45, 2.75) is 6.92 Å². The van der Waals surface area contributed by atoms with Crippen LogP contribution in [0.15, 0.2) is 36.4 Å². The van der Waals surface area contributed by atoms with Crippen LogP contribution < -0.4 is 15.8 Å². The molecule has 0 unspecified atom stereocenters. The summed E-state index contributed by atoms with van der Waals surface area (Å²) in [7, 11) is 1.57. The van der Waals surface area contributed by atoms with E-state index in [0.29, 0.717) is 27.8 Å². The van der Waals surface area contributed by atoms with E-state index in [4.69, 9.17) is 22.1 Å². The van der Waals surface area contributed by atoms with Gasteiger partial charge in [0.25, 0.3) is 5.91 Å². The third-order valence-corrected chi connectivity index (χ3v) is 3.12. The summed E-state index contributed by atoms with van der Waals surface area (Å²) in [5.41, 5.74) is 7.80. The van der Waals surface area contributed by atoms with E-state index in [9.17, 15) is 4.79 Å². The zero-order chi connectivity index (χ0) is 14.7. The molecule has 0 aliphatic heterocycles. The zero-order valence-corrected chi connectivity index (χ0v) is 12.0. The van der Waals surface area contributed by atoms with Gasteiger partial charge < -0.3 is 15.8 Å². The lowest BCUT2D eigenvalue weighted by molar-refractivity contribution is 0.0963. The minimum absolute atomic E-state index is 0.204. The molecular weight excluding hydrogens is 276 g/mol. The second kappa shape index (κ2) is 5.84. The second-order valence-electron chi connectivity index (χ2n) is 4.37. The van der Waals surface area contributed by atoms with Crippen LogP contribution in [-0.4, -0.2) is 13.0 Å². The van der Waals surface area contributed by atoms with Crippen LogP contribution in [0.4, 0.5) is 5.69 Å². The molecule has 2 rings (SSSR count). The van der Waals surface area contributed by atoms with Gasteiger partial charge in [0.15, 0.2) is 5.75 Å². The van der Waals surface area contributed by atoms with E-state index in [-0.39, 0.29) is 5.91 Å². The molecule has 0 spiro atoms. The van der Waals surface area contributed by atoms with E-state index in [1.807, 2.05) is 19.1 Å². The average Bonchev–Trinajstić information content (AvgIpc) is 2.44. The number of anilines is 1. The van der Waals surface area contributed by atoms with Crippen LogP contribution in [0.2, 0.25) is 5.02 Å². The maximum absolute atomic E-state index is 11.6. The first-order valence-electron chi connectivity index (χ1n) is 6.07. The van der Waals surface area contributed by atoms with Crippen LogP contribution >= 0.6 is 11.6 Å². The number of nitrogen functional groups attached to an aromatic ring is 1. The van der Waals surface area contributed by atoms with Gasteiger partial charge in [-0.15, -0.1) is 0 Å². The lowest BCUT2D eigenvalue weighted by Gasteiger charge is -2.11. The Hall–Kier alpha value is -2.20. The lowest BCUT2D eigenvalue weighted by Crippen LogP contribution is -2.17. The highest BCUT2D eigenvalue weighted by Crippen LogP contribution is 2.33. The normalized spacial score (nSPS) is 10.2. The van der Waals surface area contributed by atoms with Gasteiger partial charge >= 0.3 is 0 Å². The van der Waals surface area contributed by atoms with Crippen LogP contribution in [0.25, 0.3) is 0 Å². The Kier molecular flexibility index (Phi) is 4.15. The number of hydrogen-bond acceptors (Lipinski definition) is 3. The van der Waals surface area contributed by atoms with E-state index >= 15 is 0 Å². The van der Waals surface area contributed by atoms with E-state index in [1.54, 1.807) is 31.3 Å². The number of aryl methyl sites for hydroxylation is 1. The SMILES string of the molecule is CNC(=O)c1ccc(N)c(Oc2cc(C)ccc2Cl)c1. The van der Waals surface area contributed by atoms with Crippen molar-refractivity contribution in [1.29, 1.82) is 0 Å². The van der Waals surface area contributed by atoms with Crippen molar-refractivity contribution in [3.8, 4) is 11.5 Å². The molecule has 0 heterocycles. The third kappa shape index (κ3) is 3.03. The summed E-state index contributed by atoms with van der Waals surface area (Å²) in [6.45, 7) is 1.94. The zero-order valence-electron chi connectivity index (χ0n) is 11.2. The number of nitrogens with two attached hydrogens (primary N) is 1. The van der Waals surface area contributed by atoms with Gasteiger partial charge in [0.2, 0.25) is 0 Å². The van der Waals surface area contributed by atoms with E-state index in [1.165, 1.54) is 0 Å². The molecule has 20 heavy (non-hydrogen) atoms. The first-order chi connectivity index (χ1) is 9.51. The van der Waals surface area contributed by atoms with Crippen molar-refractivity contribution >= 4 is 23.2 Å². The molecule has 2 aromatic rings. The summed E-state index contributed by atoms with van der Waals surface area (Å²) in [6.07, 6.45) is 0. The van der Waals surface area contributed by atoms with Crippen molar-refractivity contribution < 1.29 is 9.53 Å². The van der Waals surface area contributed by atoms with E-state index < -0.39 is 0 Å². The van der Waals surface area contributed by atoms with Gasteiger partial charge in [-0.3, -0.25) is 4.79 Å². The van der Waals surface area contributed by atoms with Crippen molar-refractivity contribution in [3.05, 3.63) is 52.5 Å². The molecule has 0 bridgehead atoms. The Balaban J connectivity index is 2.37. The van der Waals surface area contributed by atoms with Gasteiger partial charge in [0.1, 0.15) is 5.75 Å². The third-order valence-electron chi connectivity index (χ3n) is 2.81. The molecule has 104 valence electrons. The first kappa shape index (κ1) is 14.2. The minimum atomic E-state index is -0.204. The van der Waals surface area contributed by atoms with Gasteiger partial charge in [-0.05, 0) is 42.8 Å². The Labute approximate surface area is 122 Å². The van der Waals surface area contributed by atoms with Crippen molar-refractivity contribution in [1.82, 2.24) is 5.32 Å². The highest BCUT2D eigenvalue weighted by molar-refractivity contribution is 6.32. The van der Waals surface area contributed by atoms with Gasteiger partial charge in [-0.2, -0.15) is 0 Å². The quantitative estimate of drug-likeness (QED) is 0.852. The van der Waals surface area contributed by atoms with Crippen LogP contribution in [-0.2, 0) is 0 Å². The predicted molar refractivity (Wildman–Crippen MR) is 80.5 cm³/mol. The van der Waals surface area contributed by atoms with E-state index in [2.05, 4.69) is 5.32 Å². The number of carbonyl (C=O) groups is 1. The molecule has 0 aliphatic rings. The van der Waals surface area contributed by atoms with Gasteiger partial charge in [0, 0.05) is 12.6 Å². The minimum Gasteiger partial charge on any atom is -0.454 e. The van der Waals surface area contributed by atoms with Crippen molar-refractivity contribution in [3.63, 3.8) is 0 Å². The first-order valence-corrected chi connectivity index (χ1v) is 6.44. The molecule has 0 radical (unpaired) electrons. The molecule has 0 atom stereocenters. The Bertz CT molecular complexity index is 656. The number of rotatable bonds is 3. The summed E-state index contributed by atoms with van der Waals surface area (Å²) in [6, 6.07) is 10.3. The summed E-state index contributed by atoms with van der Waals surface area (Å²) in [5, 5.41) is 3.04. The fourth-order valence-electron chi connectivity index (χ4n) is 1.72. The molecule has 4 nitrogen and oxygen atoms in total. The van der Waals surface area contributed by atoms with Crippen molar-refractivity contribution in [2.75, 3.05) is 12.8 Å². The van der Waals surface area contributed by atoms with Crippen LogP contribution in [0, 0.1) is 6.92 Å². The number of carbonyl (C=O) groups excluding carboxylic acids is 1. The summed E-state index contributed by atoms with van der Waals surface area (Å²) < 4.78 is 5.72. The lowest BCUT2D eigenvalue weighted by atomic mass is 10.1. The standard InChI is InChI=1S/C15H15ClN2O2/c1-9-3-5-11(16)13(7-9)20-14-8-10(15(19)18-2)4-6-12(14)17/h3-8H,17H2,1-2H3,(H,18,19). The van der Waals surface area contributed by atoms with Gasteiger partial charge in [-0.1, -0.05) is 17.7 Å². The topological polar surface area (TPSA) is 64.4 Å². The number of hydrogen-bond donors (Lipinski definition) is 2. The second-order valence-corrected chi connectivity index (χ2v) is 4.77. The van der Waals surface area contributed by atoms with Crippen LogP contribution in [0.5, 0.6) is 11.5 Å². The van der Waals surface area contributed by atoms with Gasteiger partial charge in [-0.25, -0.2) is 0 Å². The highest BCUT2D eigenvalue weighted by Gasteiger charge is 2.10. The molecule has 3 N–H and O–H groups in total. The maximum atomic E-state index is 11.6. The fraction of sp³-hybridized carbons (Fsp3) is 0.133. The number of ether oxygens (including phenoxy) is 1. The number of benzene rings is 2. The smallest absolute Gasteiger partial charge is 0.251 e. The largest absolute Gasteiger partial charge is 0.454 e. The molecular formula is C15H15ClN2O2. The summed E-state index contributed by atoms with van der Waals surface area (Å²) in [5.74, 6) is 0.705. The average molecular weight is 291 g/mol. The highest BCUT2D eigenvalue weighted by atomic mass is 35.5. The molecule has 0 aromatic heterocycles. The van der Waals surface area contributed by atoms with Crippen molar-refractivity contribution in [2.24, 2.45) is 0 Å². The molecule has 2 aromatic carbocycles. The molecule has 0 saturated heterocycles. The van der Waals surface area contributed by atoms with Gasteiger partial charge in [0.05, 0.1) is 10.7 Å².